The molecule has 0 aliphatic heterocycles. The van der Waals surface area contributed by atoms with Gasteiger partial charge in [0.2, 0.25) is 0 Å². The van der Waals surface area contributed by atoms with E-state index in [-0.39, 0.29) is 38.5 Å². The van der Waals surface area contributed by atoms with Crippen LogP contribution < -0.4 is 5.73 Å². The second kappa shape index (κ2) is 9.89. The van der Waals surface area contributed by atoms with Crippen molar-refractivity contribution in [1.82, 2.24) is 0 Å². The summed E-state index contributed by atoms with van der Waals surface area (Å²) in [6.07, 6.45) is 0.617. The molecule has 4 N–H and O–H groups in total. The number of benzene rings is 2. The Balaban J connectivity index is 0.000000308. The Bertz CT molecular complexity index is 967. The van der Waals surface area contributed by atoms with Crippen LogP contribution in [-0.2, 0) is 0 Å². The molecule has 29 heavy (non-hydrogen) atoms. The van der Waals surface area contributed by atoms with Gasteiger partial charge in [-0.1, -0.05) is 37.0 Å². The van der Waals surface area contributed by atoms with Gasteiger partial charge >= 0.3 is 11.7 Å². The molecule has 0 bridgehead atoms. The lowest BCUT2D eigenvalue weighted by Crippen LogP contribution is -2.00. The molecule has 0 radical (unpaired) electrons. The van der Waals surface area contributed by atoms with E-state index < -0.39 is 27.3 Å². The molecule has 0 aliphatic carbocycles. The third-order valence-electron chi connectivity index (χ3n) is 3.95. The second-order valence-electron chi connectivity index (χ2n) is 5.89. The molecule has 0 amide bonds. The van der Waals surface area contributed by atoms with Gasteiger partial charge < -0.3 is 15.9 Å². The van der Waals surface area contributed by atoms with Crippen LogP contribution in [0.1, 0.15) is 42.1 Å². The number of non-ortho nitro benzene ring substituents is 1. The van der Waals surface area contributed by atoms with Crippen molar-refractivity contribution in [2.24, 2.45) is 0 Å². The fourth-order valence-electron chi connectivity index (χ4n) is 2.23. The van der Waals surface area contributed by atoms with E-state index in [1.165, 1.54) is 18.2 Å². The summed E-state index contributed by atoms with van der Waals surface area (Å²) in [5, 5.41) is 39.9. The van der Waals surface area contributed by atoms with Crippen molar-refractivity contribution in [2.45, 2.75) is 26.2 Å². The molecule has 0 saturated heterocycles. The van der Waals surface area contributed by atoms with Crippen molar-refractivity contribution < 1.29 is 24.9 Å². The van der Waals surface area contributed by atoms with Crippen LogP contribution in [0.4, 0.5) is 17.1 Å². The quantitative estimate of drug-likeness (QED) is 0.327. The monoisotopic (exact) mass is 445 g/mol. The Labute approximate surface area is 174 Å². The van der Waals surface area contributed by atoms with Crippen molar-refractivity contribution in [3.63, 3.8) is 0 Å². The van der Waals surface area contributed by atoms with Crippen LogP contribution in [0.5, 0.6) is 5.75 Å². The summed E-state index contributed by atoms with van der Waals surface area (Å²) >= 11 is 11.2. The largest absolute Gasteiger partial charge is 0.502 e. The van der Waals surface area contributed by atoms with Gasteiger partial charge in [-0.05, 0) is 24.5 Å². The third-order valence-corrected chi connectivity index (χ3v) is 4.59. The average Bonchev–Trinajstić information content (AvgIpc) is 2.64. The van der Waals surface area contributed by atoms with E-state index in [1.54, 1.807) is 6.92 Å². The van der Waals surface area contributed by atoms with E-state index >= 15 is 0 Å². The standard InChI is InChI=1S/C10H12N2O5.C7H5Cl2NO2/c1-3-6(2)8-4-7(11(14)15)5-9(10(8)13)12(16)17;8-3-1-4(7(11)12)6(9)5(10)2-3/h4-6,13H,3H2,1-2H3;1-2H,10H2,(H,11,12). The molecule has 0 aromatic heterocycles. The number of nitro benzene ring substituents is 2. The number of anilines is 1. The number of aromatic hydroxyl groups is 1. The molecule has 2 aromatic carbocycles. The number of carboxylic acids is 1. The number of nitro groups is 2. The number of nitrogens with zero attached hydrogens (tertiary/aromatic N) is 2. The zero-order valence-corrected chi connectivity index (χ0v) is 16.8. The van der Waals surface area contributed by atoms with Gasteiger partial charge in [-0.3, -0.25) is 20.2 Å². The minimum atomic E-state index is -1.14. The first-order valence-electron chi connectivity index (χ1n) is 8.04. The van der Waals surface area contributed by atoms with Crippen molar-refractivity contribution >= 4 is 46.2 Å². The fraction of sp³-hybridized carbons (Fsp3) is 0.235. The molecular weight excluding hydrogens is 429 g/mol. The van der Waals surface area contributed by atoms with Gasteiger partial charge in [0.1, 0.15) is 0 Å². The van der Waals surface area contributed by atoms with Crippen molar-refractivity contribution in [3.05, 3.63) is 65.7 Å². The van der Waals surface area contributed by atoms with Crippen LogP contribution in [0.3, 0.4) is 0 Å². The maximum atomic E-state index is 10.7. The zero-order valence-electron chi connectivity index (χ0n) is 15.3. The Morgan fingerprint density at radius 3 is 2.21 bits per heavy atom. The molecule has 12 heteroatoms. The summed E-state index contributed by atoms with van der Waals surface area (Å²) in [7, 11) is 0. The number of aromatic carboxylic acids is 1. The molecule has 1 unspecified atom stereocenters. The van der Waals surface area contributed by atoms with Crippen molar-refractivity contribution in [1.29, 1.82) is 0 Å². The number of carboxylic acid groups (broad SMARTS) is 1. The highest BCUT2D eigenvalue weighted by atomic mass is 35.5. The van der Waals surface area contributed by atoms with Crippen LogP contribution in [-0.4, -0.2) is 26.0 Å². The molecule has 0 heterocycles. The summed E-state index contributed by atoms with van der Waals surface area (Å²) < 4.78 is 0. The first kappa shape index (κ1) is 23.9. The van der Waals surface area contributed by atoms with E-state index in [9.17, 15) is 30.1 Å². The molecule has 0 spiro atoms. The second-order valence-corrected chi connectivity index (χ2v) is 6.70. The minimum Gasteiger partial charge on any atom is -0.502 e. The normalized spacial score (nSPS) is 11.2. The number of hydrogen-bond acceptors (Lipinski definition) is 7. The predicted octanol–water partition coefficient (Wildman–Crippen LogP) is 5.00. The summed E-state index contributed by atoms with van der Waals surface area (Å²) in [6, 6.07) is 4.59. The highest BCUT2D eigenvalue weighted by molar-refractivity contribution is 6.37. The predicted molar refractivity (Wildman–Crippen MR) is 108 cm³/mol. The van der Waals surface area contributed by atoms with Gasteiger partial charge in [0.05, 0.1) is 32.2 Å². The van der Waals surface area contributed by atoms with Gasteiger partial charge in [0.25, 0.3) is 5.69 Å². The highest BCUT2D eigenvalue weighted by Gasteiger charge is 2.25. The van der Waals surface area contributed by atoms with Crippen LogP contribution >= 0.6 is 23.2 Å². The summed E-state index contributed by atoms with van der Waals surface area (Å²) in [5.74, 6) is -1.82. The number of nitrogens with two attached hydrogens (primary N) is 1. The Morgan fingerprint density at radius 1 is 1.17 bits per heavy atom. The van der Waals surface area contributed by atoms with Gasteiger partial charge in [-0.25, -0.2) is 4.79 Å². The number of phenolic OH excluding ortho intramolecular Hbond substituents is 1. The molecule has 2 aromatic rings. The molecule has 10 nitrogen and oxygen atoms in total. The lowest BCUT2D eigenvalue weighted by molar-refractivity contribution is -0.394. The van der Waals surface area contributed by atoms with Crippen LogP contribution in [0, 0.1) is 20.2 Å². The summed E-state index contributed by atoms with van der Waals surface area (Å²) in [6.45, 7) is 3.57. The lowest BCUT2D eigenvalue weighted by Gasteiger charge is -2.10. The number of rotatable bonds is 5. The molecule has 0 fully saturated rings. The Kier molecular flexibility index (Phi) is 8.16. The Morgan fingerprint density at radius 2 is 1.76 bits per heavy atom. The van der Waals surface area contributed by atoms with E-state index in [2.05, 4.69) is 0 Å². The lowest BCUT2D eigenvalue weighted by atomic mass is 9.96. The summed E-state index contributed by atoms with van der Waals surface area (Å²) in [4.78, 5) is 30.3. The van der Waals surface area contributed by atoms with E-state index in [0.717, 1.165) is 6.07 Å². The molecule has 1 atom stereocenters. The maximum absolute atomic E-state index is 10.7. The minimum absolute atomic E-state index is 0.0203. The fourth-order valence-corrected chi connectivity index (χ4v) is 2.65. The molecular formula is C17H17Cl2N3O7. The van der Waals surface area contributed by atoms with Crippen molar-refractivity contribution in [2.75, 3.05) is 5.73 Å². The van der Waals surface area contributed by atoms with Gasteiger partial charge in [-0.15, -0.1) is 0 Å². The molecule has 2 rings (SSSR count). The number of carbonyl (C=O) groups is 1. The first-order valence-corrected chi connectivity index (χ1v) is 8.79. The van der Waals surface area contributed by atoms with E-state index in [1.807, 2.05) is 6.92 Å². The van der Waals surface area contributed by atoms with Gasteiger partial charge in [0, 0.05) is 16.7 Å². The van der Waals surface area contributed by atoms with E-state index in [4.69, 9.17) is 34.0 Å². The SMILES string of the molecule is CCC(C)c1cc([N+](=O)[O-])cc([N+](=O)[O-])c1O.Nc1cc(Cl)cc(C(=O)O)c1Cl. The first-order chi connectivity index (χ1) is 13.4. The zero-order chi connectivity index (χ0) is 22.5. The van der Waals surface area contributed by atoms with Crippen LogP contribution in [0.25, 0.3) is 0 Å². The topological polar surface area (TPSA) is 170 Å². The maximum Gasteiger partial charge on any atom is 0.337 e. The van der Waals surface area contributed by atoms with Crippen LogP contribution in [0.15, 0.2) is 24.3 Å². The highest BCUT2D eigenvalue weighted by Crippen LogP contribution is 2.39. The Hall–Kier alpha value is -3.11. The summed E-state index contributed by atoms with van der Waals surface area (Å²) in [5.41, 5.74) is 4.68. The number of nitrogen functional groups attached to an aromatic ring is 1. The van der Waals surface area contributed by atoms with Crippen molar-refractivity contribution in [3.8, 4) is 5.75 Å². The van der Waals surface area contributed by atoms with Gasteiger partial charge in [-0.2, -0.15) is 0 Å². The van der Waals surface area contributed by atoms with Crippen LogP contribution in [0.2, 0.25) is 10.0 Å². The van der Waals surface area contributed by atoms with Gasteiger partial charge in [0.15, 0.2) is 5.75 Å². The molecule has 156 valence electrons. The average molecular weight is 446 g/mol. The third kappa shape index (κ3) is 5.93. The number of halogens is 2. The number of phenols is 1. The van der Waals surface area contributed by atoms with E-state index in [0.29, 0.717) is 6.42 Å². The molecule has 0 aliphatic rings. The molecule has 0 saturated carbocycles. The number of hydrogen-bond donors (Lipinski definition) is 3. The smallest absolute Gasteiger partial charge is 0.337 e.